The van der Waals surface area contributed by atoms with E-state index in [0.29, 0.717) is 44.2 Å². The molecule has 3 heterocycles. The van der Waals surface area contributed by atoms with Gasteiger partial charge in [-0.25, -0.2) is 4.79 Å². The third kappa shape index (κ3) is 2.67. The number of aromatic amines is 2. The van der Waals surface area contributed by atoms with Crippen LogP contribution in [0.25, 0.3) is 44.2 Å². The number of methoxy groups -OCH3 is 1. The van der Waals surface area contributed by atoms with E-state index < -0.39 is 17.1 Å². The summed E-state index contributed by atoms with van der Waals surface area (Å²) < 4.78 is 12.4. The summed E-state index contributed by atoms with van der Waals surface area (Å²) in [5.41, 5.74) is 1.99. The Morgan fingerprint density at radius 1 is 1.09 bits per heavy atom. The van der Waals surface area contributed by atoms with Gasteiger partial charge in [-0.1, -0.05) is 12.1 Å². The number of esters is 1. The van der Waals surface area contributed by atoms with Crippen LogP contribution in [0.2, 0.25) is 0 Å². The minimum Gasteiger partial charge on any atom is -0.502 e. The average molecular weight is 433 g/mol. The highest BCUT2D eigenvalue weighted by atomic mass is 16.5. The predicted molar refractivity (Wildman–Crippen MR) is 119 cm³/mol. The number of carbonyl (C=O) groups is 1. The fourth-order valence-electron chi connectivity index (χ4n) is 4.02. The van der Waals surface area contributed by atoms with Crippen LogP contribution in [-0.2, 0) is 4.74 Å². The smallest absolute Gasteiger partial charge is 0.337 e. The van der Waals surface area contributed by atoms with E-state index in [2.05, 4.69) is 10.1 Å². The molecular weight excluding hydrogens is 414 g/mol. The van der Waals surface area contributed by atoms with Crippen molar-refractivity contribution in [3.05, 3.63) is 62.5 Å². The molecule has 0 saturated carbocycles. The van der Waals surface area contributed by atoms with Gasteiger partial charge in [-0.05, 0) is 43.7 Å². The monoisotopic (exact) mass is 433 g/mol. The summed E-state index contributed by atoms with van der Waals surface area (Å²) in [5, 5.41) is 14.0. The number of H-pyrrole nitrogens is 2. The van der Waals surface area contributed by atoms with E-state index in [1.54, 1.807) is 35.0 Å². The first-order chi connectivity index (χ1) is 15.3. The number of hydrogen-bond donors (Lipinski definition) is 3. The number of aromatic hydroxyl groups is 1. The average Bonchev–Trinajstić information content (AvgIpc) is 3.33. The van der Waals surface area contributed by atoms with Gasteiger partial charge in [0.05, 0.1) is 23.6 Å². The van der Waals surface area contributed by atoms with Gasteiger partial charge >= 0.3 is 5.97 Å². The highest BCUT2D eigenvalue weighted by Crippen LogP contribution is 2.40. The number of rotatable bonds is 3. The lowest BCUT2D eigenvalue weighted by molar-refractivity contribution is 0.0600. The Morgan fingerprint density at radius 2 is 1.81 bits per heavy atom. The topological polar surface area (TPSA) is 130 Å². The lowest BCUT2D eigenvalue weighted by Gasteiger charge is -2.10. The number of ether oxygens (including phenoxy) is 1. The maximum absolute atomic E-state index is 13.0. The van der Waals surface area contributed by atoms with Gasteiger partial charge in [0.1, 0.15) is 5.65 Å². The molecular formula is C23H19N3O6. The lowest BCUT2D eigenvalue weighted by Crippen LogP contribution is -2.07. The predicted octanol–water partition coefficient (Wildman–Crippen LogP) is 3.66. The zero-order valence-electron chi connectivity index (χ0n) is 17.5. The van der Waals surface area contributed by atoms with Crippen molar-refractivity contribution in [1.29, 1.82) is 0 Å². The summed E-state index contributed by atoms with van der Waals surface area (Å²) in [6.07, 6.45) is 0. The third-order valence-corrected chi connectivity index (χ3v) is 5.55. The van der Waals surface area contributed by atoms with Gasteiger partial charge in [0.2, 0.25) is 11.2 Å². The summed E-state index contributed by atoms with van der Waals surface area (Å²) in [6.45, 7) is 3.86. The van der Waals surface area contributed by atoms with Crippen LogP contribution >= 0.6 is 0 Å². The van der Waals surface area contributed by atoms with Gasteiger partial charge < -0.3 is 19.2 Å². The molecule has 2 aromatic carbocycles. The first kappa shape index (κ1) is 19.7. The minimum atomic E-state index is -0.561. The second-order valence-corrected chi connectivity index (χ2v) is 7.79. The molecule has 0 saturated heterocycles. The number of benzene rings is 2. The van der Waals surface area contributed by atoms with Crippen molar-refractivity contribution in [2.45, 2.75) is 19.9 Å². The van der Waals surface area contributed by atoms with Crippen LogP contribution in [0, 0.1) is 0 Å². The molecule has 0 bridgehead atoms. The zero-order valence-corrected chi connectivity index (χ0v) is 17.5. The summed E-state index contributed by atoms with van der Waals surface area (Å²) >= 11 is 0. The summed E-state index contributed by atoms with van der Waals surface area (Å²) in [5.74, 6) is -0.974. The van der Waals surface area contributed by atoms with E-state index in [1.807, 2.05) is 13.8 Å². The minimum absolute atomic E-state index is 0.0383. The molecule has 0 radical (unpaired) electrons. The maximum Gasteiger partial charge on any atom is 0.337 e. The van der Waals surface area contributed by atoms with E-state index >= 15 is 0 Å². The van der Waals surface area contributed by atoms with Crippen LogP contribution in [0.5, 0.6) is 5.75 Å². The van der Waals surface area contributed by atoms with Gasteiger partial charge in [-0.2, -0.15) is 0 Å². The lowest BCUT2D eigenvalue weighted by atomic mass is 10.0. The van der Waals surface area contributed by atoms with E-state index in [9.17, 15) is 19.5 Å². The largest absolute Gasteiger partial charge is 0.502 e. The number of nitrogens with one attached hydrogen (secondary N) is 2. The quantitative estimate of drug-likeness (QED) is 0.372. The molecule has 9 heteroatoms. The second-order valence-electron chi connectivity index (χ2n) is 7.79. The zero-order chi connectivity index (χ0) is 22.7. The van der Waals surface area contributed by atoms with Crippen molar-refractivity contribution >= 4 is 39.1 Å². The van der Waals surface area contributed by atoms with Crippen LogP contribution in [0.3, 0.4) is 0 Å². The van der Waals surface area contributed by atoms with E-state index in [4.69, 9.17) is 9.15 Å². The fourth-order valence-corrected chi connectivity index (χ4v) is 4.02. The molecule has 162 valence electrons. The molecule has 0 fully saturated rings. The number of furan rings is 1. The molecule has 0 spiro atoms. The van der Waals surface area contributed by atoms with Crippen molar-refractivity contribution in [1.82, 2.24) is 14.8 Å². The van der Waals surface area contributed by atoms with E-state index in [0.717, 1.165) is 0 Å². The molecule has 0 atom stereocenters. The number of nitrogens with zero attached hydrogens (tertiary/aromatic N) is 1. The third-order valence-electron chi connectivity index (χ3n) is 5.55. The molecule has 0 aliphatic carbocycles. The number of phenols is 1. The SMILES string of the molecule is COC(=O)c1ccc(-c2c3oc4c(O)c(=O)ccc4c3[nH]c3c2c(=O)[nH]n3C(C)C)cc1. The molecule has 0 aliphatic heterocycles. The van der Waals surface area contributed by atoms with Crippen molar-refractivity contribution in [3.63, 3.8) is 0 Å². The Morgan fingerprint density at radius 3 is 2.47 bits per heavy atom. The maximum atomic E-state index is 13.0. The van der Waals surface area contributed by atoms with Gasteiger partial charge in [0.15, 0.2) is 11.2 Å². The first-order valence-corrected chi connectivity index (χ1v) is 9.95. The fraction of sp³-hybridized carbons (Fsp3) is 0.174. The van der Waals surface area contributed by atoms with Crippen molar-refractivity contribution in [2.75, 3.05) is 7.11 Å². The van der Waals surface area contributed by atoms with E-state index in [1.165, 1.54) is 13.2 Å². The Bertz CT molecular complexity index is 1650. The van der Waals surface area contributed by atoms with Crippen molar-refractivity contribution < 1.29 is 19.1 Å². The molecule has 0 aliphatic rings. The van der Waals surface area contributed by atoms with Gasteiger partial charge in [0, 0.05) is 17.0 Å². The van der Waals surface area contributed by atoms with Gasteiger partial charge in [-0.3, -0.25) is 19.4 Å². The number of phenolic OH excluding ortho intramolecular Hbond substituents is 1. The molecule has 0 unspecified atom stereocenters. The van der Waals surface area contributed by atoms with E-state index in [-0.39, 0.29) is 17.2 Å². The van der Waals surface area contributed by atoms with Gasteiger partial charge in [-0.15, -0.1) is 0 Å². The van der Waals surface area contributed by atoms with Crippen LogP contribution in [0.4, 0.5) is 0 Å². The highest BCUT2D eigenvalue weighted by Gasteiger charge is 2.24. The van der Waals surface area contributed by atoms with Crippen LogP contribution in [-0.4, -0.2) is 33.0 Å². The molecule has 5 rings (SSSR count). The molecule has 0 amide bonds. The summed E-state index contributed by atoms with van der Waals surface area (Å²) in [4.78, 5) is 40.0. The molecule has 9 nitrogen and oxygen atoms in total. The first-order valence-electron chi connectivity index (χ1n) is 9.95. The van der Waals surface area contributed by atoms with Crippen molar-refractivity contribution in [3.8, 4) is 16.9 Å². The van der Waals surface area contributed by atoms with Crippen LogP contribution in [0.15, 0.2) is 50.4 Å². The second kappa shape index (κ2) is 6.88. The summed E-state index contributed by atoms with van der Waals surface area (Å²) in [7, 11) is 1.30. The Hall–Kier alpha value is -4.27. The highest BCUT2D eigenvalue weighted by molar-refractivity contribution is 6.15. The number of fused-ring (bicyclic) bond motifs is 4. The summed E-state index contributed by atoms with van der Waals surface area (Å²) in [6, 6.07) is 9.36. The molecule has 3 N–H and O–H groups in total. The van der Waals surface area contributed by atoms with Crippen LogP contribution < -0.4 is 11.0 Å². The Labute approximate surface area is 179 Å². The normalized spacial score (nSPS) is 11.8. The molecule has 3 aromatic heterocycles. The number of hydrogen-bond acceptors (Lipinski definition) is 6. The number of pyridine rings is 1. The van der Waals surface area contributed by atoms with Crippen molar-refractivity contribution in [2.24, 2.45) is 0 Å². The Balaban J connectivity index is 1.96. The Kier molecular flexibility index (Phi) is 4.23. The standard InChI is InChI=1S/C23H19N3O6/c1-10(2)26-21-16(22(29)25-26)15(11-4-6-12(7-5-11)23(30)31-3)20-17(24-21)13-8-9-14(27)18(28)19(13)32-20/h4-10,24,28H,1-3H3,(H,25,29). The number of aromatic nitrogens is 3. The van der Waals surface area contributed by atoms with Crippen LogP contribution in [0.1, 0.15) is 30.2 Å². The van der Waals surface area contributed by atoms with Gasteiger partial charge in [0.25, 0.3) is 5.56 Å². The molecule has 32 heavy (non-hydrogen) atoms. The number of carbonyl (C=O) groups excluding carboxylic acids is 1. The molecule has 5 aromatic rings.